The van der Waals surface area contributed by atoms with Crippen molar-refractivity contribution in [1.29, 1.82) is 0 Å². The minimum Gasteiger partial charge on any atom is -0.489 e. The number of sulfonamides is 1. The third kappa shape index (κ3) is 4.44. The van der Waals surface area contributed by atoms with Gasteiger partial charge in [0.05, 0.1) is 17.0 Å². The predicted molar refractivity (Wildman–Crippen MR) is 106 cm³/mol. The lowest BCUT2D eigenvalue weighted by atomic mass is 10.0. The Bertz CT molecular complexity index is 1170. The quantitative estimate of drug-likeness (QED) is 0.620. The molecule has 2 heterocycles. The van der Waals surface area contributed by atoms with Gasteiger partial charge in [0, 0.05) is 12.1 Å². The van der Waals surface area contributed by atoms with E-state index in [4.69, 9.17) is 4.74 Å². The predicted octanol–water partition coefficient (Wildman–Crippen LogP) is 3.83. The molecule has 0 spiro atoms. The number of nitrogens with one attached hydrogen (secondary N) is 1. The molecule has 1 fully saturated rings. The number of rotatable bonds is 5. The van der Waals surface area contributed by atoms with E-state index in [1.165, 1.54) is 12.1 Å². The Labute approximate surface area is 190 Å². The molecule has 2 aliphatic heterocycles. The van der Waals surface area contributed by atoms with Crippen LogP contribution in [0.2, 0.25) is 0 Å². The maximum atomic E-state index is 13.5. The molecule has 0 bridgehead atoms. The monoisotopic (exact) mass is 509 g/mol. The highest BCUT2D eigenvalue weighted by Crippen LogP contribution is 2.42. The molecule has 34 heavy (non-hydrogen) atoms. The van der Waals surface area contributed by atoms with Crippen molar-refractivity contribution in [2.24, 2.45) is 4.99 Å². The first-order chi connectivity index (χ1) is 15.8. The number of benzene rings is 2. The van der Waals surface area contributed by atoms with Crippen LogP contribution in [0.5, 0.6) is 5.75 Å². The second kappa shape index (κ2) is 8.43. The first-order valence-corrected chi connectivity index (χ1v) is 11.2. The number of hydroxylamine groups is 1. The third-order valence-electron chi connectivity index (χ3n) is 5.42. The molecule has 4 rings (SSSR count). The van der Waals surface area contributed by atoms with Gasteiger partial charge in [0.2, 0.25) is 10.0 Å². The average molecular weight is 509 g/mol. The molecule has 0 amide bonds. The number of hydrogen-bond donors (Lipinski definition) is 1. The number of hydrogen-bond acceptors (Lipinski definition) is 6. The van der Waals surface area contributed by atoms with Crippen LogP contribution in [0.1, 0.15) is 17.5 Å². The van der Waals surface area contributed by atoms with Crippen molar-refractivity contribution in [3.63, 3.8) is 0 Å². The van der Waals surface area contributed by atoms with Crippen LogP contribution in [-0.2, 0) is 26.7 Å². The molecular weight excluding hydrogens is 492 g/mol. The lowest BCUT2D eigenvalue weighted by molar-refractivity contribution is -0.212. The van der Waals surface area contributed by atoms with Crippen LogP contribution in [0.4, 0.5) is 26.3 Å². The summed E-state index contributed by atoms with van der Waals surface area (Å²) in [5.74, 6) is 0.211. The molecule has 2 aliphatic rings. The minimum atomic E-state index is -4.78. The summed E-state index contributed by atoms with van der Waals surface area (Å²) in [4.78, 5) is 7.56. The zero-order valence-electron chi connectivity index (χ0n) is 17.1. The van der Waals surface area contributed by atoms with Crippen molar-refractivity contribution in [2.75, 3.05) is 13.1 Å². The van der Waals surface area contributed by atoms with Gasteiger partial charge < -0.3 is 9.57 Å². The van der Waals surface area contributed by atoms with Crippen LogP contribution in [0, 0.1) is 0 Å². The fourth-order valence-corrected chi connectivity index (χ4v) is 5.10. The SMILES string of the molecule is O=S(=O)(c1ccc(C(F)(F)F)cc1)N1CCC(Oc2ccc(C3(C(F)(F)F)N=CON3)cc2)C1. The Morgan fingerprint density at radius 2 is 1.68 bits per heavy atom. The minimum absolute atomic E-state index is 0.0687. The molecule has 0 saturated carbocycles. The van der Waals surface area contributed by atoms with Crippen LogP contribution in [-0.4, -0.2) is 44.5 Å². The summed E-state index contributed by atoms with van der Waals surface area (Å²) in [6, 6.07) is 8.09. The van der Waals surface area contributed by atoms with Gasteiger partial charge in [-0.2, -0.15) is 30.6 Å². The van der Waals surface area contributed by atoms with Crippen molar-refractivity contribution in [3.05, 3.63) is 59.7 Å². The van der Waals surface area contributed by atoms with Gasteiger partial charge in [0.15, 0.2) is 6.40 Å². The average Bonchev–Trinajstić information content (AvgIpc) is 3.44. The molecule has 0 aliphatic carbocycles. The normalized spacial score (nSPS) is 23.8. The molecule has 7 nitrogen and oxygen atoms in total. The van der Waals surface area contributed by atoms with Crippen LogP contribution >= 0.6 is 0 Å². The maximum absolute atomic E-state index is 13.5. The van der Waals surface area contributed by atoms with Crippen molar-refractivity contribution in [2.45, 2.75) is 35.4 Å². The van der Waals surface area contributed by atoms with Gasteiger partial charge in [-0.25, -0.2) is 13.4 Å². The van der Waals surface area contributed by atoms with E-state index < -0.39 is 39.7 Å². The van der Waals surface area contributed by atoms with Gasteiger partial charge in [-0.15, -0.1) is 5.48 Å². The summed E-state index contributed by atoms with van der Waals surface area (Å²) in [6.07, 6.45) is -9.02. The van der Waals surface area contributed by atoms with E-state index in [2.05, 4.69) is 9.83 Å². The summed E-state index contributed by atoms with van der Waals surface area (Å²) in [6.45, 7) is -0.00342. The number of alkyl halides is 6. The van der Waals surface area contributed by atoms with Crippen LogP contribution in [0.15, 0.2) is 58.4 Å². The van der Waals surface area contributed by atoms with Gasteiger partial charge in [-0.05, 0) is 42.8 Å². The Balaban J connectivity index is 1.43. The Morgan fingerprint density at radius 1 is 1.03 bits per heavy atom. The molecule has 14 heteroatoms. The van der Waals surface area contributed by atoms with E-state index >= 15 is 0 Å². The summed E-state index contributed by atoms with van der Waals surface area (Å²) >= 11 is 0. The molecule has 0 radical (unpaired) electrons. The van der Waals surface area contributed by atoms with E-state index in [1.54, 1.807) is 0 Å². The van der Waals surface area contributed by atoms with E-state index in [9.17, 15) is 34.8 Å². The first kappa shape index (κ1) is 24.3. The lowest BCUT2D eigenvalue weighted by Crippen LogP contribution is -2.49. The fourth-order valence-electron chi connectivity index (χ4n) is 3.62. The first-order valence-electron chi connectivity index (χ1n) is 9.81. The van der Waals surface area contributed by atoms with Crippen molar-refractivity contribution >= 4 is 16.4 Å². The highest BCUT2D eigenvalue weighted by Gasteiger charge is 2.59. The molecular formula is C20H17F6N3O4S. The fraction of sp³-hybridized carbons (Fsp3) is 0.350. The van der Waals surface area contributed by atoms with Gasteiger partial charge in [0.25, 0.3) is 5.66 Å². The molecule has 2 aromatic rings. The molecule has 0 aromatic heterocycles. The Morgan fingerprint density at radius 3 is 2.21 bits per heavy atom. The standard InChI is InChI=1S/C20H17F6N3O4S/c21-19(22,23)14-3-7-17(8-4-14)34(30,31)29-10-9-16(11-29)33-15-5-1-13(2-6-15)18(20(24,25)26)27-12-32-28-18/h1-8,12,16,28H,9-11H2. The molecule has 1 N–H and O–H groups in total. The van der Waals surface area contributed by atoms with E-state index in [-0.39, 0.29) is 35.7 Å². The van der Waals surface area contributed by atoms with Gasteiger partial charge in [0.1, 0.15) is 11.9 Å². The van der Waals surface area contributed by atoms with Gasteiger partial charge >= 0.3 is 12.4 Å². The van der Waals surface area contributed by atoms with Crippen molar-refractivity contribution < 1.29 is 44.3 Å². The lowest BCUT2D eigenvalue weighted by Gasteiger charge is -2.27. The second-order valence-electron chi connectivity index (χ2n) is 7.60. The number of halogens is 6. The second-order valence-corrected chi connectivity index (χ2v) is 9.54. The van der Waals surface area contributed by atoms with Crippen LogP contribution < -0.4 is 10.2 Å². The summed E-state index contributed by atoms with van der Waals surface area (Å²) in [7, 11) is -4.05. The number of nitrogens with zero attached hydrogens (tertiary/aromatic N) is 2. The number of aliphatic imine (C=N–C) groups is 1. The topological polar surface area (TPSA) is 80.2 Å². The summed E-state index contributed by atoms with van der Waals surface area (Å²) in [5.41, 5.74) is -2.10. The van der Waals surface area contributed by atoms with E-state index in [0.717, 1.165) is 28.6 Å². The highest BCUT2D eigenvalue weighted by molar-refractivity contribution is 7.89. The zero-order valence-corrected chi connectivity index (χ0v) is 17.9. The largest absolute Gasteiger partial charge is 0.489 e. The maximum Gasteiger partial charge on any atom is 0.434 e. The number of ether oxygens (including phenoxy) is 1. The Kier molecular flexibility index (Phi) is 6.02. The van der Waals surface area contributed by atoms with Crippen LogP contribution in [0.3, 0.4) is 0 Å². The smallest absolute Gasteiger partial charge is 0.434 e. The van der Waals surface area contributed by atoms with E-state index in [0.29, 0.717) is 18.5 Å². The van der Waals surface area contributed by atoms with Gasteiger partial charge in [-0.3, -0.25) is 0 Å². The molecule has 2 unspecified atom stereocenters. The zero-order chi connectivity index (χ0) is 24.8. The molecule has 2 aromatic carbocycles. The van der Waals surface area contributed by atoms with Crippen LogP contribution in [0.25, 0.3) is 0 Å². The third-order valence-corrected chi connectivity index (χ3v) is 7.30. The Hall–Kier alpha value is -2.84. The molecule has 1 saturated heterocycles. The van der Waals surface area contributed by atoms with Crippen molar-refractivity contribution in [1.82, 2.24) is 9.79 Å². The highest BCUT2D eigenvalue weighted by atomic mass is 32.2. The van der Waals surface area contributed by atoms with Crippen molar-refractivity contribution in [3.8, 4) is 5.75 Å². The summed E-state index contributed by atoms with van der Waals surface area (Å²) < 4.78 is 111. The van der Waals surface area contributed by atoms with Gasteiger partial charge in [-0.1, -0.05) is 12.1 Å². The summed E-state index contributed by atoms with van der Waals surface area (Å²) in [5, 5.41) is 0. The molecule has 184 valence electrons. The van der Waals surface area contributed by atoms with E-state index in [1.807, 2.05) is 5.48 Å². The molecule has 2 atom stereocenters.